The number of hydrogen-bond donors (Lipinski definition) is 0. The lowest BCUT2D eigenvalue weighted by molar-refractivity contribution is -0.361. The molecule has 0 aliphatic heterocycles. The third kappa shape index (κ3) is 7.80. The van der Waals surface area contributed by atoms with E-state index in [0.29, 0.717) is 5.75 Å². The fraction of sp³-hybridized carbons (Fsp3) is 0.435. The van der Waals surface area contributed by atoms with Crippen molar-refractivity contribution in [3.8, 4) is 11.5 Å². The Kier molecular flexibility index (Phi) is 11.0. The molecule has 0 amide bonds. The Morgan fingerprint density at radius 1 is 0.969 bits per heavy atom. The number of nitrogens with zero attached hydrogens (tertiary/aromatic N) is 2. The van der Waals surface area contributed by atoms with E-state index in [1.165, 1.54) is 0 Å². The largest absolute Gasteiger partial charge is 0.457 e. The molecule has 0 radical (unpaired) electrons. The molecule has 0 N–H and O–H groups in total. The number of hydrogen-bond acceptors (Lipinski definition) is 5. The first kappa shape index (κ1) is 26.7. The molecule has 0 unspecified atom stereocenters. The van der Waals surface area contributed by atoms with Crippen molar-refractivity contribution in [2.75, 3.05) is 31.8 Å². The summed E-state index contributed by atoms with van der Waals surface area (Å²) in [6.07, 6.45) is 2.04. The van der Waals surface area contributed by atoms with Crippen molar-refractivity contribution in [3.63, 3.8) is 0 Å². The van der Waals surface area contributed by atoms with Gasteiger partial charge in [-0.2, -0.15) is 0 Å². The van der Waals surface area contributed by atoms with Gasteiger partial charge in [0.2, 0.25) is 0 Å². The summed E-state index contributed by atoms with van der Waals surface area (Å²) in [6, 6.07) is 11.1. The maximum Gasteiger partial charge on any atom is 0.290 e. The fourth-order valence-corrected chi connectivity index (χ4v) is 3.39. The zero-order valence-electron chi connectivity index (χ0n) is 18.7. The van der Waals surface area contributed by atoms with Gasteiger partial charge in [-0.05, 0) is 61.7 Å². The third-order valence-electron chi connectivity index (χ3n) is 4.76. The van der Waals surface area contributed by atoms with E-state index in [4.69, 9.17) is 53.8 Å². The quantitative estimate of drug-likeness (QED) is 0.134. The van der Waals surface area contributed by atoms with E-state index in [9.17, 15) is 0 Å². The Morgan fingerprint density at radius 2 is 1.62 bits per heavy atom. The summed E-state index contributed by atoms with van der Waals surface area (Å²) < 4.78 is 22.6. The molecule has 2 rings (SSSR count). The van der Waals surface area contributed by atoms with E-state index in [0.717, 1.165) is 34.7 Å². The van der Waals surface area contributed by atoms with Gasteiger partial charge in [-0.3, -0.25) is 0 Å². The van der Waals surface area contributed by atoms with Crippen molar-refractivity contribution in [2.24, 2.45) is 4.99 Å². The standard InChI is InChI=1S/C23H29Cl3N2O4/c1-5-28(4)16-27-21-9-18(3)22(10-17(21)2)32-20-8-6-7-19(11-20)12-23(29-13-24,30-14-25)31-15-26/h6-11,16H,5,12-15H2,1-4H3. The number of benzene rings is 2. The highest BCUT2D eigenvalue weighted by Gasteiger charge is 2.34. The number of aryl methyl sites for hydroxylation is 2. The topological polar surface area (TPSA) is 52.5 Å². The number of alkyl halides is 3. The van der Waals surface area contributed by atoms with Crippen molar-refractivity contribution in [1.82, 2.24) is 4.90 Å². The summed E-state index contributed by atoms with van der Waals surface area (Å²) in [5, 5.41) is 0. The minimum Gasteiger partial charge on any atom is -0.457 e. The van der Waals surface area contributed by atoms with Crippen LogP contribution in [0.1, 0.15) is 23.6 Å². The number of ether oxygens (including phenoxy) is 4. The summed E-state index contributed by atoms with van der Waals surface area (Å²) in [5.74, 6) is -0.0787. The second kappa shape index (κ2) is 13.2. The van der Waals surface area contributed by atoms with E-state index >= 15 is 0 Å². The fourth-order valence-electron chi connectivity index (χ4n) is 2.89. The van der Waals surface area contributed by atoms with Crippen LogP contribution in [0.25, 0.3) is 0 Å². The number of rotatable bonds is 13. The van der Waals surface area contributed by atoms with E-state index in [-0.39, 0.29) is 24.6 Å². The Morgan fingerprint density at radius 3 is 2.22 bits per heavy atom. The highest BCUT2D eigenvalue weighted by molar-refractivity contribution is 6.17. The Bertz CT molecular complexity index is 879. The minimum absolute atomic E-state index is 0.148. The van der Waals surface area contributed by atoms with Crippen LogP contribution in [0, 0.1) is 13.8 Å². The molecule has 0 aromatic heterocycles. The van der Waals surface area contributed by atoms with Gasteiger partial charge >= 0.3 is 0 Å². The highest BCUT2D eigenvalue weighted by Crippen LogP contribution is 2.32. The Balaban J connectivity index is 2.23. The molecule has 2 aromatic carbocycles. The van der Waals surface area contributed by atoms with Gasteiger partial charge in [-0.1, -0.05) is 46.9 Å². The van der Waals surface area contributed by atoms with Gasteiger partial charge in [-0.25, -0.2) is 4.99 Å². The van der Waals surface area contributed by atoms with Crippen molar-refractivity contribution in [2.45, 2.75) is 33.2 Å². The van der Waals surface area contributed by atoms with Crippen LogP contribution < -0.4 is 4.74 Å². The predicted octanol–water partition coefficient (Wildman–Crippen LogP) is 6.54. The van der Waals surface area contributed by atoms with Gasteiger partial charge in [0.15, 0.2) is 0 Å². The molecule has 0 bridgehead atoms. The minimum atomic E-state index is -1.48. The van der Waals surface area contributed by atoms with Crippen LogP contribution >= 0.6 is 34.8 Å². The second-order valence-electron chi connectivity index (χ2n) is 7.09. The lowest BCUT2D eigenvalue weighted by Gasteiger charge is -2.31. The zero-order valence-corrected chi connectivity index (χ0v) is 21.0. The van der Waals surface area contributed by atoms with Crippen LogP contribution in [0.5, 0.6) is 11.5 Å². The molecule has 2 aromatic rings. The van der Waals surface area contributed by atoms with Gasteiger partial charge < -0.3 is 23.8 Å². The molecular weight excluding hydrogens is 475 g/mol. The third-order valence-corrected chi connectivity index (χ3v) is 5.08. The molecule has 0 aliphatic rings. The lowest BCUT2D eigenvalue weighted by atomic mass is 10.1. The monoisotopic (exact) mass is 502 g/mol. The number of aliphatic imine (C=N–C) groups is 1. The summed E-state index contributed by atoms with van der Waals surface area (Å²) in [7, 11) is 1.99. The van der Waals surface area contributed by atoms with Gasteiger partial charge in [0.05, 0.1) is 18.4 Å². The maximum atomic E-state index is 6.16. The van der Waals surface area contributed by atoms with Crippen LogP contribution in [-0.4, -0.2) is 49.0 Å². The van der Waals surface area contributed by atoms with Gasteiger partial charge in [0.25, 0.3) is 5.97 Å². The molecule has 9 heteroatoms. The first-order chi connectivity index (χ1) is 15.4. The lowest BCUT2D eigenvalue weighted by Crippen LogP contribution is -2.41. The van der Waals surface area contributed by atoms with Gasteiger partial charge in [0, 0.05) is 13.6 Å². The molecule has 0 spiro atoms. The van der Waals surface area contributed by atoms with Crippen molar-refractivity contribution in [3.05, 3.63) is 53.1 Å². The van der Waals surface area contributed by atoms with Crippen molar-refractivity contribution in [1.29, 1.82) is 0 Å². The van der Waals surface area contributed by atoms with Crippen LogP contribution in [-0.2, 0) is 20.6 Å². The number of halogens is 3. The van der Waals surface area contributed by atoms with Crippen molar-refractivity contribution >= 4 is 46.8 Å². The van der Waals surface area contributed by atoms with E-state index in [1.807, 2.05) is 68.5 Å². The molecule has 0 atom stereocenters. The molecule has 32 heavy (non-hydrogen) atoms. The Labute approximate surface area is 205 Å². The Hall–Kier alpha value is -1.54. The van der Waals surface area contributed by atoms with E-state index in [2.05, 4.69) is 11.9 Å². The first-order valence-corrected chi connectivity index (χ1v) is 11.7. The van der Waals surface area contributed by atoms with Crippen molar-refractivity contribution < 1.29 is 18.9 Å². The SMILES string of the molecule is CCN(C)C=Nc1cc(C)c(Oc2cccc(CC(OCCl)(OCCl)OCCl)c2)cc1C. The van der Waals surface area contributed by atoms with Crippen LogP contribution in [0.15, 0.2) is 41.4 Å². The van der Waals surface area contributed by atoms with E-state index in [1.54, 1.807) is 0 Å². The molecule has 6 nitrogen and oxygen atoms in total. The molecule has 0 saturated carbocycles. The maximum absolute atomic E-state index is 6.16. The normalized spacial score (nSPS) is 11.8. The molecule has 0 heterocycles. The van der Waals surface area contributed by atoms with Crippen LogP contribution in [0.4, 0.5) is 5.69 Å². The highest BCUT2D eigenvalue weighted by atomic mass is 35.5. The van der Waals surface area contributed by atoms with Gasteiger partial charge in [-0.15, -0.1) is 0 Å². The summed E-state index contributed by atoms with van der Waals surface area (Å²) >= 11 is 17.2. The van der Waals surface area contributed by atoms with E-state index < -0.39 is 5.97 Å². The average molecular weight is 504 g/mol. The molecular formula is C23H29Cl3N2O4. The second-order valence-corrected chi connectivity index (χ2v) is 7.75. The van der Waals surface area contributed by atoms with Crippen LogP contribution in [0.2, 0.25) is 0 Å². The summed E-state index contributed by atoms with van der Waals surface area (Å²) in [4.78, 5) is 6.58. The molecule has 176 valence electrons. The smallest absolute Gasteiger partial charge is 0.290 e. The summed E-state index contributed by atoms with van der Waals surface area (Å²) in [6.45, 7) is 6.96. The summed E-state index contributed by atoms with van der Waals surface area (Å²) in [5.41, 5.74) is 3.73. The first-order valence-electron chi connectivity index (χ1n) is 10.1. The zero-order chi connectivity index (χ0) is 23.6. The molecule has 0 saturated heterocycles. The van der Waals surface area contributed by atoms with Crippen LogP contribution in [0.3, 0.4) is 0 Å². The predicted molar refractivity (Wildman–Crippen MR) is 131 cm³/mol. The average Bonchev–Trinajstić information content (AvgIpc) is 2.75. The molecule has 0 aliphatic carbocycles. The molecule has 0 fully saturated rings. The van der Waals surface area contributed by atoms with Gasteiger partial charge in [0.1, 0.15) is 29.7 Å².